The summed E-state index contributed by atoms with van der Waals surface area (Å²) in [6, 6.07) is 13.7. The summed E-state index contributed by atoms with van der Waals surface area (Å²) in [7, 11) is 0. The second kappa shape index (κ2) is 10.5. The van der Waals surface area contributed by atoms with Gasteiger partial charge >= 0.3 is 0 Å². The van der Waals surface area contributed by atoms with Gasteiger partial charge in [0, 0.05) is 29.4 Å². The van der Waals surface area contributed by atoms with Crippen LogP contribution in [0.25, 0.3) is 0 Å². The highest BCUT2D eigenvalue weighted by molar-refractivity contribution is 7.13. The highest BCUT2D eigenvalue weighted by Crippen LogP contribution is 2.19. The van der Waals surface area contributed by atoms with Crippen LogP contribution in [-0.2, 0) is 11.3 Å². The summed E-state index contributed by atoms with van der Waals surface area (Å²) in [5.41, 5.74) is 0.948. The standard InChI is InChI=1S/C22H21ClN4O4S/c23-15-6-8-17(9-7-15)31-13-19-26-27-22(32-19)21(29)25-16-4-1-3-14(11-16)20(28)24-12-18-5-2-10-30-18/h1,3-4,6-9,11,18H,2,5,10,12-13H2,(H,24,28)(H,25,29). The minimum Gasteiger partial charge on any atom is -0.486 e. The molecule has 0 aliphatic carbocycles. The van der Waals surface area contributed by atoms with E-state index >= 15 is 0 Å². The van der Waals surface area contributed by atoms with Gasteiger partial charge in [-0.15, -0.1) is 10.2 Å². The number of halogens is 1. The van der Waals surface area contributed by atoms with E-state index in [1.54, 1.807) is 48.5 Å². The van der Waals surface area contributed by atoms with Gasteiger partial charge in [-0.25, -0.2) is 0 Å². The van der Waals surface area contributed by atoms with E-state index in [0.29, 0.717) is 33.6 Å². The van der Waals surface area contributed by atoms with Crippen LogP contribution in [0.4, 0.5) is 5.69 Å². The van der Waals surface area contributed by atoms with Crippen molar-refractivity contribution in [2.75, 3.05) is 18.5 Å². The molecule has 3 aromatic rings. The lowest BCUT2D eigenvalue weighted by molar-refractivity contribution is 0.0857. The van der Waals surface area contributed by atoms with Gasteiger partial charge in [-0.3, -0.25) is 9.59 Å². The van der Waals surface area contributed by atoms with Crippen LogP contribution >= 0.6 is 22.9 Å². The molecule has 166 valence electrons. The van der Waals surface area contributed by atoms with Crippen LogP contribution in [0.1, 0.15) is 38.0 Å². The molecule has 1 fully saturated rings. The summed E-state index contributed by atoms with van der Waals surface area (Å²) in [6.07, 6.45) is 2.03. The predicted molar refractivity (Wildman–Crippen MR) is 121 cm³/mol. The van der Waals surface area contributed by atoms with E-state index in [1.165, 1.54) is 0 Å². The van der Waals surface area contributed by atoms with E-state index in [0.717, 1.165) is 30.8 Å². The van der Waals surface area contributed by atoms with Crippen molar-refractivity contribution >= 4 is 40.4 Å². The van der Waals surface area contributed by atoms with E-state index in [1.807, 2.05) is 0 Å². The molecule has 10 heteroatoms. The first-order chi connectivity index (χ1) is 15.6. The van der Waals surface area contributed by atoms with Gasteiger partial charge in [0.1, 0.15) is 12.4 Å². The minimum absolute atomic E-state index is 0.0668. The maximum absolute atomic E-state index is 12.5. The molecule has 0 radical (unpaired) electrons. The first-order valence-electron chi connectivity index (χ1n) is 10.1. The fourth-order valence-corrected chi connectivity index (χ4v) is 3.89. The third-order valence-electron chi connectivity index (χ3n) is 4.73. The summed E-state index contributed by atoms with van der Waals surface area (Å²) in [5, 5.41) is 14.9. The number of rotatable bonds is 8. The summed E-state index contributed by atoms with van der Waals surface area (Å²) in [5.74, 6) is 0.0245. The van der Waals surface area contributed by atoms with Gasteiger partial charge in [0.05, 0.1) is 6.10 Å². The maximum Gasteiger partial charge on any atom is 0.286 e. The second-order valence-electron chi connectivity index (χ2n) is 7.12. The number of hydrogen-bond donors (Lipinski definition) is 2. The molecular formula is C22H21ClN4O4S. The number of benzene rings is 2. The third kappa shape index (κ3) is 6.03. The molecule has 2 heterocycles. The molecule has 1 atom stereocenters. The van der Waals surface area contributed by atoms with Crippen LogP contribution in [0.5, 0.6) is 5.75 Å². The zero-order valence-electron chi connectivity index (χ0n) is 17.0. The van der Waals surface area contributed by atoms with Crippen LogP contribution < -0.4 is 15.4 Å². The highest BCUT2D eigenvalue weighted by atomic mass is 35.5. The van der Waals surface area contributed by atoms with Crippen molar-refractivity contribution < 1.29 is 19.1 Å². The quantitative estimate of drug-likeness (QED) is 0.515. The van der Waals surface area contributed by atoms with E-state index < -0.39 is 5.91 Å². The van der Waals surface area contributed by atoms with Gasteiger partial charge < -0.3 is 20.1 Å². The normalized spacial score (nSPS) is 15.3. The summed E-state index contributed by atoms with van der Waals surface area (Å²) < 4.78 is 11.1. The summed E-state index contributed by atoms with van der Waals surface area (Å²) in [6.45, 7) is 1.40. The largest absolute Gasteiger partial charge is 0.486 e. The first kappa shape index (κ1) is 22.2. The monoisotopic (exact) mass is 472 g/mol. The zero-order chi connectivity index (χ0) is 22.3. The number of carbonyl (C=O) groups excluding carboxylic acids is 2. The average molecular weight is 473 g/mol. The molecule has 4 rings (SSSR count). The first-order valence-corrected chi connectivity index (χ1v) is 11.3. The number of ether oxygens (including phenoxy) is 2. The Kier molecular flexibility index (Phi) is 7.31. The molecule has 0 spiro atoms. The lowest BCUT2D eigenvalue weighted by Crippen LogP contribution is -2.31. The number of amides is 2. The highest BCUT2D eigenvalue weighted by Gasteiger charge is 2.18. The fourth-order valence-electron chi connectivity index (χ4n) is 3.12. The molecule has 8 nitrogen and oxygen atoms in total. The van der Waals surface area contributed by atoms with Gasteiger partial charge in [-0.1, -0.05) is 29.0 Å². The molecule has 32 heavy (non-hydrogen) atoms. The SMILES string of the molecule is O=C(NCC1CCCO1)c1cccc(NC(=O)c2nnc(COc3ccc(Cl)cc3)s2)c1. The van der Waals surface area contributed by atoms with E-state index in [2.05, 4.69) is 20.8 Å². The van der Waals surface area contributed by atoms with Crippen LogP contribution in [0.3, 0.4) is 0 Å². The molecule has 0 bridgehead atoms. The Morgan fingerprint density at radius 3 is 2.78 bits per heavy atom. The van der Waals surface area contributed by atoms with Crippen LogP contribution in [0.15, 0.2) is 48.5 Å². The van der Waals surface area contributed by atoms with Crippen molar-refractivity contribution in [1.29, 1.82) is 0 Å². The minimum atomic E-state index is -0.405. The molecule has 1 saturated heterocycles. The maximum atomic E-state index is 12.5. The van der Waals surface area contributed by atoms with Crippen molar-refractivity contribution in [3.05, 3.63) is 69.1 Å². The topological polar surface area (TPSA) is 102 Å². The van der Waals surface area contributed by atoms with Crippen LogP contribution in [0.2, 0.25) is 5.02 Å². The van der Waals surface area contributed by atoms with Gasteiger partial charge in [-0.2, -0.15) is 0 Å². The van der Waals surface area contributed by atoms with Crippen molar-refractivity contribution in [2.45, 2.75) is 25.6 Å². The van der Waals surface area contributed by atoms with Gasteiger partial charge in [0.2, 0.25) is 5.01 Å². The molecule has 0 saturated carbocycles. The fraction of sp³-hybridized carbons (Fsp3) is 0.273. The molecular weight excluding hydrogens is 452 g/mol. The Morgan fingerprint density at radius 1 is 1.16 bits per heavy atom. The molecule has 2 N–H and O–H groups in total. The molecule has 1 unspecified atom stereocenters. The predicted octanol–water partition coefficient (Wildman–Crippen LogP) is 3.93. The van der Waals surface area contributed by atoms with Crippen molar-refractivity contribution in [1.82, 2.24) is 15.5 Å². The smallest absolute Gasteiger partial charge is 0.286 e. The lowest BCUT2D eigenvalue weighted by Gasteiger charge is -2.11. The second-order valence-corrected chi connectivity index (χ2v) is 8.62. The van der Waals surface area contributed by atoms with Crippen LogP contribution in [0, 0.1) is 0 Å². The average Bonchev–Trinajstić information content (AvgIpc) is 3.49. The Labute approximate surface area is 193 Å². The van der Waals surface area contributed by atoms with Crippen molar-refractivity contribution in [3.8, 4) is 5.75 Å². The Hall–Kier alpha value is -3.01. The number of nitrogens with zero attached hydrogens (tertiary/aromatic N) is 2. The van der Waals surface area contributed by atoms with E-state index in [9.17, 15) is 9.59 Å². The molecule has 1 aromatic heterocycles. The Bertz CT molecular complexity index is 1080. The lowest BCUT2D eigenvalue weighted by atomic mass is 10.1. The number of nitrogens with one attached hydrogen (secondary N) is 2. The molecule has 2 aromatic carbocycles. The van der Waals surface area contributed by atoms with Crippen molar-refractivity contribution in [3.63, 3.8) is 0 Å². The Balaban J connectivity index is 1.31. The summed E-state index contributed by atoms with van der Waals surface area (Å²) >= 11 is 6.99. The van der Waals surface area contributed by atoms with Gasteiger partial charge in [0.25, 0.3) is 11.8 Å². The molecule has 2 amide bonds. The Morgan fingerprint density at radius 2 is 2.00 bits per heavy atom. The van der Waals surface area contributed by atoms with E-state index in [4.69, 9.17) is 21.1 Å². The van der Waals surface area contributed by atoms with Gasteiger partial charge in [-0.05, 0) is 55.3 Å². The number of carbonyl (C=O) groups is 2. The molecule has 1 aliphatic heterocycles. The van der Waals surface area contributed by atoms with Gasteiger partial charge in [0.15, 0.2) is 5.01 Å². The number of aromatic nitrogens is 2. The molecule has 1 aliphatic rings. The number of hydrogen-bond acceptors (Lipinski definition) is 7. The van der Waals surface area contributed by atoms with Crippen molar-refractivity contribution in [2.24, 2.45) is 0 Å². The zero-order valence-corrected chi connectivity index (χ0v) is 18.6. The summed E-state index contributed by atoms with van der Waals surface area (Å²) in [4.78, 5) is 24.9. The number of anilines is 1. The van der Waals surface area contributed by atoms with Crippen LogP contribution in [-0.4, -0.2) is 41.3 Å². The van der Waals surface area contributed by atoms with E-state index in [-0.39, 0.29) is 23.6 Å². The third-order valence-corrected chi connectivity index (χ3v) is 5.88.